The summed E-state index contributed by atoms with van der Waals surface area (Å²) in [4.78, 5) is 10.2. The highest BCUT2D eigenvalue weighted by Gasteiger charge is 2.27. The van der Waals surface area contributed by atoms with Crippen LogP contribution in [0.4, 0.5) is 0 Å². The van der Waals surface area contributed by atoms with Crippen LogP contribution in [0.1, 0.15) is 37.3 Å². The number of nitrogens with one attached hydrogen (secondary N) is 1. The number of aryl methyl sites for hydroxylation is 1. The third-order valence-electron chi connectivity index (χ3n) is 3.29. The number of aliphatic imine (C=N–C) groups is 1. The van der Waals surface area contributed by atoms with Crippen molar-refractivity contribution in [1.29, 1.82) is 0 Å². The highest BCUT2D eigenvalue weighted by molar-refractivity contribution is 8.13. The molecule has 0 aliphatic carbocycles. The lowest BCUT2D eigenvalue weighted by Crippen LogP contribution is -2.48. The minimum absolute atomic E-state index is 0.229. The number of thioether (sulfide) groups is 1. The highest BCUT2D eigenvalue weighted by atomic mass is 32.2. The first-order valence-corrected chi connectivity index (χ1v) is 7.84. The lowest BCUT2D eigenvalue weighted by molar-refractivity contribution is 0.390. The molecule has 0 aromatic carbocycles. The molecule has 5 heteroatoms. The molecule has 0 spiro atoms. The van der Waals surface area contributed by atoms with E-state index in [0.29, 0.717) is 0 Å². The van der Waals surface area contributed by atoms with Gasteiger partial charge in [0.25, 0.3) is 0 Å². The van der Waals surface area contributed by atoms with E-state index in [-0.39, 0.29) is 5.54 Å². The van der Waals surface area contributed by atoms with Gasteiger partial charge in [-0.25, -0.2) is 4.98 Å². The first kappa shape index (κ1) is 12.9. The first-order valence-electron chi connectivity index (χ1n) is 5.97. The zero-order valence-corrected chi connectivity index (χ0v) is 12.2. The fourth-order valence-electron chi connectivity index (χ4n) is 1.70. The van der Waals surface area contributed by atoms with Crippen LogP contribution in [-0.2, 0) is 6.54 Å². The quantitative estimate of drug-likeness (QED) is 0.915. The van der Waals surface area contributed by atoms with Crippen molar-refractivity contribution >= 4 is 28.3 Å². The second-order valence-corrected chi connectivity index (χ2v) is 6.64. The smallest absolute Gasteiger partial charge is 0.157 e. The maximum absolute atomic E-state index is 4.67. The lowest BCUT2D eigenvalue weighted by atomic mass is 9.96. The van der Waals surface area contributed by atoms with Gasteiger partial charge in [-0.1, -0.05) is 18.7 Å². The van der Waals surface area contributed by atoms with Gasteiger partial charge >= 0.3 is 0 Å². The van der Waals surface area contributed by atoms with Gasteiger partial charge in [0.1, 0.15) is 0 Å². The van der Waals surface area contributed by atoms with E-state index in [2.05, 4.69) is 29.1 Å². The van der Waals surface area contributed by atoms with Crippen molar-refractivity contribution in [3.63, 3.8) is 0 Å². The molecule has 1 aliphatic heterocycles. The average Bonchev–Trinajstić information content (AvgIpc) is 2.73. The molecule has 1 atom stereocenters. The maximum atomic E-state index is 4.67. The number of aromatic nitrogens is 1. The normalized spacial score (nSPS) is 27.1. The van der Waals surface area contributed by atoms with Crippen molar-refractivity contribution in [1.82, 2.24) is 10.3 Å². The number of amidine groups is 1. The third kappa shape index (κ3) is 3.22. The zero-order valence-electron chi connectivity index (χ0n) is 10.6. The Balaban J connectivity index is 2.00. The Morgan fingerprint density at radius 2 is 2.41 bits per heavy atom. The molecule has 17 heavy (non-hydrogen) atoms. The van der Waals surface area contributed by atoms with Crippen molar-refractivity contribution in [3.05, 3.63) is 16.1 Å². The molecule has 0 bridgehead atoms. The van der Waals surface area contributed by atoms with E-state index in [1.807, 2.05) is 24.2 Å². The molecule has 1 fully saturated rings. The van der Waals surface area contributed by atoms with Crippen molar-refractivity contribution in [2.45, 2.75) is 45.7 Å². The Kier molecular flexibility index (Phi) is 4.09. The standard InChI is InChI=1S/C12H19N3S2/c1-4-12(3)5-6-16-11(15-12)13-7-10-9(2)14-8-17-10/h8H,4-7H2,1-3H3,(H,13,15). The molecule has 1 unspecified atom stereocenters. The summed E-state index contributed by atoms with van der Waals surface area (Å²) in [6.45, 7) is 7.31. The van der Waals surface area contributed by atoms with Crippen LogP contribution in [0.15, 0.2) is 10.5 Å². The molecule has 2 heterocycles. The minimum atomic E-state index is 0.229. The number of nitrogens with zero attached hydrogens (tertiary/aromatic N) is 2. The van der Waals surface area contributed by atoms with Gasteiger partial charge in [0, 0.05) is 16.2 Å². The van der Waals surface area contributed by atoms with E-state index in [4.69, 9.17) is 0 Å². The van der Waals surface area contributed by atoms with Crippen LogP contribution < -0.4 is 5.32 Å². The van der Waals surface area contributed by atoms with Crippen molar-refractivity contribution in [3.8, 4) is 0 Å². The fraction of sp³-hybridized carbons (Fsp3) is 0.667. The van der Waals surface area contributed by atoms with Gasteiger partial charge in [-0.05, 0) is 26.7 Å². The molecular weight excluding hydrogens is 250 g/mol. The van der Waals surface area contributed by atoms with Gasteiger partial charge in [0.15, 0.2) is 5.17 Å². The molecule has 0 saturated carbocycles. The second-order valence-electron chi connectivity index (χ2n) is 4.62. The number of hydrogen-bond acceptors (Lipinski definition) is 4. The topological polar surface area (TPSA) is 37.3 Å². The molecule has 1 saturated heterocycles. The molecule has 1 aromatic rings. The second kappa shape index (κ2) is 5.40. The van der Waals surface area contributed by atoms with Crippen LogP contribution in [0.2, 0.25) is 0 Å². The predicted molar refractivity (Wildman–Crippen MR) is 76.9 cm³/mol. The van der Waals surface area contributed by atoms with E-state index in [0.717, 1.165) is 29.6 Å². The van der Waals surface area contributed by atoms with Gasteiger partial charge in [-0.3, -0.25) is 4.99 Å². The molecule has 1 aliphatic rings. The van der Waals surface area contributed by atoms with E-state index in [1.54, 1.807) is 11.3 Å². The number of thiazole rings is 1. The van der Waals surface area contributed by atoms with E-state index >= 15 is 0 Å². The Morgan fingerprint density at radius 1 is 1.59 bits per heavy atom. The van der Waals surface area contributed by atoms with Crippen molar-refractivity contribution in [2.24, 2.45) is 4.99 Å². The molecule has 0 amide bonds. The van der Waals surface area contributed by atoms with E-state index < -0.39 is 0 Å². The fourth-order valence-corrected chi connectivity index (χ4v) is 3.62. The SMILES string of the molecule is CCC1(C)CCSC(=NCc2scnc2C)N1. The van der Waals surface area contributed by atoms with Crippen LogP contribution in [0.3, 0.4) is 0 Å². The Morgan fingerprint density at radius 3 is 3.06 bits per heavy atom. The lowest BCUT2D eigenvalue weighted by Gasteiger charge is -2.35. The monoisotopic (exact) mass is 269 g/mol. The van der Waals surface area contributed by atoms with Gasteiger partial charge in [-0.2, -0.15) is 0 Å². The summed E-state index contributed by atoms with van der Waals surface area (Å²) in [7, 11) is 0. The summed E-state index contributed by atoms with van der Waals surface area (Å²) in [5.41, 5.74) is 3.23. The summed E-state index contributed by atoms with van der Waals surface area (Å²) in [5.74, 6) is 1.16. The summed E-state index contributed by atoms with van der Waals surface area (Å²) in [6.07, 6.45) is 2.36. The number of hydrogen-bond donors (Lipinski definition) is 1. The summed E-state index contributed by atoms with van der Waals surface area (Å²) in [5, 5.41) is 4.65. The number of rotatable bonds is 3. The van der Waals surface area contributed by atoms with Crippen molar-refractivity contribution < 1.29 is 0 Å². The van der Waals surface area contributed by atoms with Crippen LogP contribution in [0.25, 0.3) is 0 Å². The van der Waals surface area contributed by atoms with E-state index in [1.165, 1.54) is 11.3 Å². The molecule has 3 nitrogen and oxygen atoms in total. The van der Waals surface area contributed by atoms with Gasteiger partial charge in [0.2, 0.25) is 0 Å². The Hall–Kier alpha value is -0.550. The summed E-state index contributed by atoms with van der Waals surface area (Å²) in [6, 6.07) is 0. The first-order chi connectivity index (χ1) is 8.13. The van der Waals surface area contributed by atoms with Crippen LogP contribution in [0.5, 0.6) is 0 Å². The Labute approximate surface area is 111 Å². The highest BCUT2D eigenvalue weighted by Crippen LogP contribution is 2.25. The molecule has 94 valence electrons. The zero-order chi connectivity index (χ0) is 12.3. The minimum Gasteiger partial charge on any atom is -0.360 e. The Bertz CT molecular complexity index is 414. The molecule has 0 radical (unpaired) electrons. The van der Waals surface area contributed by atoms with Crippen LogP contribution in [0, 0.1) is 6.92 Å². The molecule has 1 N–H and O–H groups in total. The third-order valence-corrected chi connectivity index (χ3v) is 5.13. The van der Waals surface area contributed by atoms with Gasteiger partial charge in [-0.15, -0.1) is 11.3 Å². The molecular formula is C12H19N3S2. The van der Waals surface area contributed by atoms with Crippen LogP contribution in [-0.4, -0.2) is 21.4 Å². The largest absolute Gasteiger partial charge is 0.360 e. The summed E-state index contributed by atoms with van der Waals surface area (Å²) < 4.78 is 0. The van der Waals surface area contributed by atoms with Crippen LogP contribution >= 0.6 is 23.1 Å². The molecule has 1 aromatic heterocycles. The molecule has 2 rings (SSSR count). The maximum Gasteiger partial charge on any atom is 0.157 e. The average molecular weight is 269 g/mol. The van der Waals surface area contributed by atoms with Gasteiger partial charge < -0.3 is 5.32 Å². The van der Waals surface area contributed by atoms with Crippen molar-refractivity contribution in [2.75, 3.05) is 5.75 Å². The van der Waals surface area contributed by atoms with E-state index in [9.17, 15) is 0 Å². The predicted octanol–water partition coefficient (Wildman–Crippen LogP) is 3.20. The van der Waals surface area contributed by atoms with Gasteiger partial charge in [0.05, 0.1) is 17.7 Å². The summed E-state index contributed by atoms with van der Waals surface area (Å²) >= 11 is 3.52.